The molecule has 0 radical (unpaired) electrons. The molecule has 0 bridgehead atoms. The van der Waals surface area contributed by atoms with Gasteiger partial charge >= 0.3 is 0 Å². The Bertz CT molecular complexity index is 700. The van der Waals surface area contributed by atoms with Gasteiger partial charge in [0.25, 0.3) is 0 Å². The molecule has 0 spiro atoms. The highest BCUT2D eigenvalue weighted by molar-refractivity contribution is 5.96. The van der Waals surface area contributed by atoms with Gasteiger partial charge in [0, 0.05) is 30.6 Å². The maximum absolute atomic E-state index is 13.2. The predicted octanol–water partition coefficient (Wildman–Crippen LogP) is 7.61. The van der Waals surface area contributed by atoms with Crippen molar-refractivity contribution in [2.75, 3.05) is 25.0 Å². The minimum atomic E-state index is 0.357. The number of hydrogen-bond donors (Lipinski definition) is 0. The Morgan fingerprint density at radius 3 is 2.12 bits per heavy atom. The number of likely N-dealkylation sites (N-methyl/N-ethyl adjacent to an activating group) is 1. The highest BCUT2D eigenvalue weighted by Crippen LogP contribution is 2.45. The van der Waals surface area contributed by atoms with Crippen molar-refractivity contribution in [3.05, 3.63) is 29.3 Å². The molecule has 0 saturated carbocycles. The van der Waals surface area contributed by atoms with Crippen LogP contribution in [0.2, 0.25) is 0 Å². The zero-order chi connectivity index (χ0) is 22.8. The number of unbranched alkanes of at least 4 members (excludes halogenated alkanes) is 12. The van der Waals surface area contributed by atoms with Gasteiger partial charge in [0.15, 0.2) is 0 Å². The smallest absolute Gasteiger partial charge is 0.227 e. The number of likely N-dealkylation sites (tertiary alicyclic amines) is 1. The molecule has 2 aliphatic rings. The molecule has 0 N–H and O–H groups in total. The summed E-state index contributed by atoms with van der Waals surface area (Å²) in [5.74, 6) is 0.842. The lowest BCUT2D eigenvalue weighted by molar-refractivity contribution is -0.119. The van der Waals surface area contributed by atoms with Crippen LogP contribution < -0.4 is 4.90 Å². The van der Waals surface area contributed by atoms with E-state index in [9.17, 15) is 4.79 Å². The topological polar surface area (TPSA) is 23.6 Å². The Hall–Kier alpha value is -1.35. The third kappa shape index (κ3) is 7.07. The number of nitrogens with zero attached hydrogens (tertiary/aromatic N) is 2. The van der Waals surface area contributed by atoms with Gasteiger partial charge < -0.3 is 9.80 Å². The SMILES string of the molecule is CCCCCCCCCCCCCCCC(=O)N1c2ccc(C)cc2C2CN(C)CCC21. The van der Waals surface area contributed by atoms with E-state index < -0.39 is 0 Å². The summed E-state index contributed by atoms with van der Waals surface area (Å²) in [7, 11) is 2.21. The summed E-state index contributed by atoms with van der Waals surface area (Å²) < 4.78 is 0. The van der Waals surface area contributed by atoms with Gasteiger partial charge in [0.05, 0.1) is 0 Å². The summed E-state index contributed by atoms with van der Waals surface area (Å²) in [5, 5.41) is 0. The van der Waals surface area contributed by atoms with Crippen molar-refractivity contribution in [1.29, 1.82) is 0 Å². The van der Waals surface area contributed by atoms with Crippen LogP contribution in [0.5, 0.6) is 0 Å². The van der Waals surface area contributed by atoms with Crippen molar-refractivity contribution in [3.8, 4) is 0 Å². The predicted molar refractivity (Wildman–Crippen MR) is 138 cm³/mol. The van der Waals surface area contributed by atoms with Crippen LogP contribution in [0.1, 0.15) is 120 Å². The molecule has 2 aliphatic heterocycles. The Morgan fingerprint density at radius 1 is 0.906 bits per heavy atom. The Balaban J connectivity index is 1.32. The maximum Gasteiger partial charge on any atom is 0.227 e. The van der Waals surface area contributed by atoms with E-state index in [1.165, 1.54) is 93.9 Å². The lowest BCUT2D eigenvalue weighted by Crippen LogP contribution is -2.47. The van der Waals surface area contributed by atoms with Crippen LogP contribution in [-0.4, -0.2) is 37.0 Å². The normalized spacial score (nSPS) is 20.4. The third-order valence-electron chi connectivity index (χ3n) is 7.72. The average Bonchev–Trinajstić information content (AvgIpc) is 3.09. The molecule has 3 nitrogen and oxygen atoms in total. The molecule has 1 fully saturated rings. The fourth-order valence-corrected chi connectivity index (χ4v) is 5.82. The van der Waals surface area contributed by atoms with Gasteiger partial charge in [-0.1, -0.05) is 102 Å². The van der Waals surface area contributed by atoms with E-state index in [2.05, 4.69) is 48.9 Å². The number of fused-ring (bicyclic) bond motifs is 3. The molecule has 0 aromatic heterocycles. The molecule has 3 heteroatoms. The van der Waals surface area contributed by atoms with Crippen LogP contribution in [-0.2, 0) is 4.79 Å². The van der Waals surface area contributed by atoms with Gasteiger partial charge in [0.2, 0.25) is 5.91 Å². The molecule has 1 amide bonds. The fraction of sp³-hybridized carbons (Fsp3) is 0.759. The van der Waals surface area contributed by atoms with Crippen molar-refractivity contribution in [2.45, 2.75) is 122 Å². The van der Waals surface area contributed by atoms with Crippen molar-refractivity contribution >= 4 is 11.6 Å². The van der Waals surface area contributed by atoms with Gasteiger partial charge in [-0.25, -0.2) is 0 Å². The second-order valence-electron chi connectivity index (χ2n) is 10.5. The standard InChI is InChI=1S/C29H48N2O/c1-4-5-6-7-8-9-10-11-12-13-14-15-16-17-29(32)31-27-19-18-24(2)22-25(27)26-23-30(3)21-20-28(26)31/h18-19,22,26,28H,4-17,20-21,23H2,1-3H3. The second-order valence-corrected chi connectivity index (χ2v) is 10.5. The fourth-order valence-electron chi connectivity index (χ4n) is 5.82. The lowest BCUT2D eigenvalue weighted by atomic mass is 9.89. The molecule has 3 rings (SSSR count). The number of carbonyl (C=O) groups excluding carboxylic acids is 1. The molecule has 2 heterocycles. The first kappa shape index (κ1) is 25.3. The Morgan fingerprint density at radius 2 is 1.50 bits per heavy atom. The van der Waals surface area contributed by atoms with E-state index in [1.54, 1.807) is 0 Å². The first-order chi connectivity index (χ1) is 15.6. The van der Waals surface area contributed by atoms with Crippen molar-refractivity contribution in [1.82, 2.24) is 4.90 Å². The number of benzene rings is 1. The largest absolute Gasteiger partial charge is 0.308 e. The summed E-state index contributed by atoms with van der Waals surface area (Å²) in [6, 6.07) is 7.07. The molecule has 32 heavy (non-hydrogen) atoms. The number of amides is 1. The second kappa shape index (κ2) is 13.4. The quantitative estimate of drug-likeness (QED) is 0.278. The summed E-state index contributed by atoms with van der Waals surface area (Å²) in [6.45, 7) is 6.62. The van der Waals surface area contributed by atoms with Crippen molar-refractivity contribution in [3.63, 3.8) is 0 Å². The van der Waals surface area contributed by atoms with Crippen LogP contribution in [0.15, 0.2) is 18.2 Å². The minimum Gasteiger partial charge on any atom is -0.308 e. The maximum atomic E-state index is 13.2. The zero-order valence-electron chi connectivity index (χ0n) is 21.2. The number of piperidine rings is 1. The number of carbonyl (C=O) groups is 1. The van der Waals surface area contributed by atoms with Gasteiger partial charge in [-0.15, -0.1) is 0 Å². The van der Waals surface area contributed by atoms with E-state index in [1.807, 2.05) is 0 Å². The molecule has 2 atom stereocenters. The van der Waals surface area contributed by atoms with E-state index in [4.69, 9.17) is 0 Å². The van der Waals surface area contributed by atoms with Crippen LogP contribution in [0.3, 0.4) is 0 Å². The number of anilines is 1. The highest BCUT2D eigenvalue weighted by Gasteiger charge is 2.43. The zero-order valence-corrected chi connectivity index (χ0v) is 21.2. The number of hydrogen-bond acceptors (Lipinski definition) is 2. The van der Waals surface area contributed by atoms with E-state index in [-0.39, 0.29) is 0 Å². The number of rotatable bonds is 14. The summed E-state index contributed by atoms with van der Waals surface area (Å²) in [5.41, 5.74) is 3.90. The molecule has 0 aliphatic carbocycles. The van der Waals surface area contributed by atoms with Crippen LogP contribution >= 0.6 is 0 Å². The molecule has 180 valence electrons. The van der Waals surface area contributed by atoms with E-state index >= 15 is 0 Å². The summed E-state index contributed by atoms with van der Waals surface area (Å²) in [6.07, 6.45) is 19.3. The first-order valence-electron chi connectivity index (χ1n) is 13.7. The first-order valence-corrected chi connectivity index (χ1v) is 13.7. The van der Waals surface area contributed by atoms with Crippen LogP contribution in [0.25, 0.3) is 0 Å². The van der Waals surface area contributed by atoms with E-state index in [0.717, 1.165) is 25.9 Å². The molecule has 2 unspecified atom stereocenters. The minimum absolute atomic E-state index is 0.357. The van der Waals surface area contributed by atoms with E-state index in [0.29, 0.717) is 24.3 Å². The molecule has 1 aromatic rings. The summed E-state index contributed by atoms with van der Waals surface area (Å²) in [4.78, 5) is 17.9. The molecular formula is C29H48N2O. The highest BCUT2D eigenvalue weighted by atomic mass is 16.2. The van der Waals surface area contributed by atoms with Gasteiger partial charge in [-0.2, -0.15) is 0 Å². The lowest BCUT2D eigenvalue weighted by Gasteiger charge is -2.36. The number of aryl methyl sites for hydroxylation is 1. The van der Waals surface area contributed by atoms with Gasteiger partial charge in [-0.3, -0.25) is 4.79 Å². The third-order valence-corrected chi connectivity index (χ3v) is 7.72. The van der Waals surface area contributed by atoms with Crippen molar-refractivity contribution in [2.24, 2.45) is 0 Å². The van der Waals surface area contributed by atoms with Crippen molar-refractivity contribution < 1.29 is 4.79 Å². The molecule has 1 saturated heterocycles. The molecular weight excluding hydrogens is 392 g/mol. The van der Waals surface area contributed by atoms with Gasteiger partial charge in [0.1, 0.15) is 0 Å². The van der Waals surface area contributed by atoms with Crippen LogP contribution in [0, 0.1) is 6.92 Å². The average molecular weight is 441 g/mol. The van der Waals surface area contributed by atoms with Crippen LogP contribution in [0.4, 0.5) is 5.69 Å². The summed E-state index contributed by atoms with van der Waals surface area (Å²) >= 11 is 0. The Kier molecular flexibility index (Phi) is 10.6. The Labute approximate surface area is 197 Å². The monoisotopic (exact) mass is 440 g/mol. The molecule has 1 aromatic carbocycles. The van der Waals surface area contributed by atoms with Gasteiger partial charge in [-0.05, 0) is 45.0 Å².